The van der Waals surface area contributed by atoms with E-state index in [1.54, 1.807) is 11.8 Å². The zero-order valence-electron chi connectivity index (χ0n) is 7.95. The Morgan fingerprint density at radius 2 is 2.00 bits per heavy atom. The molecular formula is C11H13NS. The lowest BCUT2D eigenvalue weighted by Gasteiger charge is -2.06. The van der Waals surface area contributed by atoms with Gasteiger partial charge in [-0.3, -0.25) is 0 Å². The van der Waals surface area contributed by atoms with Crippen molar-refractivity contribution in [3.05, 3.63) is 29.8 Å². The van der Waals surface area contributed by atoms with Gasteiger partial charge in [0.2, 0.25) is 0 Å². The van der Waals surface area contributed by atoms with Crippen LogP contribution in [0.3, 0.4) is 0 Å². The molecule has 0 saturated heterocycles. The van der Waals surface area contributed by atoms with Gasteiger partial charge in [0, 0.05) is 4.90 Å². The molecule has 0 spiro atoms. The molecule has 1 aromatic rings. The summed E-state index contributed by atoms with van der Waals surface area (Å²) in [5.74, 6) is 0.0518. The maximum absolute atomic E-state index is 8.85. The molecular weight excluding hydrogens is 178 g/mol. The summed E-state index contributed by atoms with van der Waals surface area (Å²) < 4.78 is 0. The second kappa shape index (κ2) is 4.94. The van der Waals surface area contributed by atoms with Gasteiger partial charge in [-0.25, -0.2) is 0 Å². The number of benzene rings is 1. The van der Waals surface area contributed by atoms with Crippen molar-refractivity contribution < 1.29 is 0 Å². The lowest BCUT2D eigenvalue weighted by molar-refractivity contribution is 0.817. The average molecular weight is 191 g/mol. The molecule has 68 valence electrons. The molecule has 0 aliphatic carbocycles. The first-order chi connectivity index (χ1) is 6.31. The summed E-state index contributed by atoms with van der Waals surface area (Å²) in [4.78, 5) is 1.25. The third kappa shape index (κ3) is 2.50. The van der Waals surface area contributed by atoms with Crippen LogP contribution in [0.15, 0.2) is 29.2 Å². The van der Waals surface area contributed by atoms with E-state index in [4.69, 9.17) is 5.26 Å². The van der Waals surface area contributed by atoms with Crippen LogP contribution in [-0.4, -0.2) is 6.26 Å². The van der Waals surface area contributed by atoms with Crippen molar-refractivity contribution in [1.29, 1.82) is 5.26 Å². The highest BCUT2D eigenvalue weighted by Crippen LogP contribution is 2.21. The molecule has 0 aromatic heterocycles. The quantitative estimate of drug-likeness (QED) is 0.683. The van der Waals surface area contributed by atoms with Gasteiger partial charge in [0.1, 0.15) is 0 Å². The fraction of sp³-hybridized carbons (Fsp3) is 0.364. The molecule has 0 saturated carbocycles. The van der Waals surface area contributed by atoms with Crippen LogP contribution in [0.25, 0.3) is 0 Å². The van der Waals surface area contributed by atoms with Gasteiger partial charge < -0.3 is 0 Å². The minimum absolute atomic E-state index is 0.0518. The Morgan fingerprint density at radius 1 is 1.38 bits per heavy atom. The van der Waals surface area contributed by atoms with E-state index in [9.17, 15) is 0 Å². The molecule has 0 radical (unpaired) electrons. The van der Waals surface area contributed by atoms with Crippen molar-refractivity contribution >= 4 is 11.8 Å². The number of thioether (sulfide) groups is 1. The zero-order chi connectivity index (χ0) is 9.68. The standard InChI is InChI=1S/C11H13NS/c1-3-9(8-12)10-4-6-11(13-2)7-5-10/h4-7,9H,3H2,1-2H3. The summed E-state index contributed by atoms with van der Waals surface area (Å²) >= 11 is 1.72. The van der Waals surface area contributed by atoms with E-state index in [0.717, 1.165) is 12.0 Å². The highest BCUT2D eigenvalue weighted by Gasteiger charge is 2.06. The normalized spacial score (nSPS) is 12.1. The fourth-order valence-electron chi connectivity index (χ4n) is 1.24. The minimum Gasteiger partial charge on any atom is -0.198 e. The van der Waals surface area contributed by atoms with Crippen molar-refractivity contribution in [2.75, 3.05) is 6.26 Å². The van der Waals surface area contributed by atoms with Crippen molar-refractivity contribution in [3.8, 4) is 6.07 Å². The molecule has 13 heavy (non-hydrogen) atoms. The van der Waals surface area contributed by atoms with Gasteiger partial charge in [0.05, 0.1) is 12.0 Å². The Bertz CT molecular complexity index is 297. The first-order valence-electron chi connectivity index (χ1n) is 4.35. The van der Waals surface area contributed by atoms with Crippen LogP contribution in [0.4, 0.5) is 0 Å². The number of nitriles is 1. The SMILES string of the molecule is CCC(C#N)c1ccc(SC)cc1. The van der Waals surface area contributed by atoms with E-state index in [1.165, 1.54) is 4.90 Å². The number of rotatable bonds is 3. The Hall–Kier alpha value is -0.940. The van der Waals surface area contributed by atoms with Crippen LogP contribution in [0.2, 0.25) is 0 Å². The summed E-state index contributed by atoms with van der Waals surface area (Å²) in [5.41, 5.74) is 1.13. The topological polar surface area (TPSA) is 23.8 Å². The van der Waals surface area contributed by atoms with Crippen molar-refractivity contribution in [1.82, 2.24) is 0 Å². The number of hydrogen-bond acceptors (Lipinski definition) is 2. The first-order valence-corrected chi connectivity index (χ1v) is 5.57. The van der Waals surface area contributed by atoms with Crippen molar-refractivity contribution in [2.24, 2.45) is 0 Å². The smallest absolute Gasteiger partial charge is 0.0710 e. The van der Waals surface area contributed by atoms with E-state index in [1.807, 2.05) is 19.1 Å². The second-order valence-corrected chi connectivity index (χ2v) is 3.74. The third-order valence-electron chi connectivity index (χ3n) is 2.08. The Morgan fingerprint density at radius 3 is 2.38 bits per heavy atom. The predicted molar refractivity (Wildman–Crippen MR) is 56.9 cm³/mol. The minimum atomic E-state index is 0.0518. The van der Waals surface area contributed by atoms with Crippen LogP contribution < -0.4 is 0 Å². The van der Waals surface area contributed by atoms with Crippen LogP contribution in [0.5, 0.6) is 0 Å². The molecule has 0 aliphatic heterocycles. The predicted octanol–water partition coefficient (Wildman–Crippen LogP) is 3.43. The lowest BCUT2D eigenvalue weighted by atomic mass is 9.98. The van der Waals surface area contributed by atoms with E-state index < -0.39 is 0 Å². The molecule has 0 bridgehead atoms. The molecule has 1 atom stereocenters. The molecule has 0 fully saturated rings. The van der Waals surface area contributed by atoms with E-state index in [2.05, 4.69) is 24.5 Å². The van der Waals surface area contributed by atoms with Gasteiger partial charge in [-0.2, -0.15) is 5.26 Å². The zero-order valence-corrected chi connectivity index (χ0v) is 8.77. The maximum Gasteiger partial charge on any atom is 0.0710 e. The van der Waals surface area contributed by atoms with Gasteiger partial charge in [0.25, 0.3) is 0 Å². The van der Waals surface area contributed by atoms with Gasteiger partial charge in [0.15, 0.2) is 0 Å². The average Bonchev–Trinajstić information content (AvgIpc) is 2.21. The summed E-state index contributed by atoms with van der Waals surface area (Å²) in [7, 11) is 0. The fourth-order valence-corrected chi connectivity index (χ4v) is 1.65. The second-order valence-electron chi connectivity index (χ2n) is 2.86. The van der Waals surface area contributed by atoms with E-state index in [0.29, 0.717) is 0 Å². The Balaban J connectivity index is 2.86. The molecule has 1 unspecified atom stereocenters. The molecule has 2 heteroatoms. The van der Waals surface area contributed by atoms with Gasteiger partial charge >= 0.3 is 0 Å². The summed E-state index contributed by atoms with van der Waals surface area (Å²) in [6, 6.07) is 10.5. The van der Waals surface area contributed by atoms with Gasteiger partial charge in [-0.05, 0) is 30.4 Å². The van der Waals surface area contributed by atoms with Crippen LogP contribution in [0.1, 0.15) is 24.8 Å². The van der Waals surface area contributed by atoms with Crippen LogP contribution in [-0.2, 0) is 0 Å². The molecule has 0 amide bonds. The first kappa shape index (κ1) is 10.1. The highest BCUT2D eigenvalue weighted by molar-refractivity contribution is 7.98. The molecule has 0 aliphatic rings. The molecule has 0 heterocycles. The van der Waals surface area contributed by atoms with Crippen LogP contribution >= 0.6 is 11.8 Å². The molecule has 1 rings (SSSR count). The van der Waals surface area contributed by atoms with E-state index in [-0.39, 0.29) is 5.92 Å². The Kier molecular flexibility index (Phi) is 3.85. The van der Waals surface area contributed by atoms with Gasteiger partial charge in [-0.15, -0.1) is 11.8 Å². The summed E-state index contributed by atoms with van der Waals surface area (Å²) in [5, 5.41) is 8.85. The van der Waals surface area contributed by atoms with Crippen molar-refractivity contribution in [2.45, 2.75) is 24.2 Å². The maximum atomic E-state index is 8.85. The molecule has 1 aromatic carbocycles. The largest absolute Gasteiger partial charge is 0.198 e. The monoisotopic (exact) mass is 191 g/mol. The van der Waals surface area contributed by atoms with E-state index >= 15 is 0 Å². The lowest BCUT2D eigenvalue weighted by Crippen LogP contribution is -1.92. The third-order valence-corrected chi connectivity index (χ3v) is 2.83. The highest BCUT2D eigenvalue weighted by atomic mass is 32.2. The van der Waals surface area contributed by atoms with Crippen molar-refractivity contribution in [3.63, 3.8) is 0 Å². The van der Waals surface area contributed by atoms with Gasteiger partial charge in [-0.1, -0.05) is 19.1 Å². The molecule has 0 N–H and O–H groups in total. The number of hydrogen-bond donors (Lipinski definition) is 0. The van der Waals surface area contributed by atoms with Crippen LogP contribution in [0, 0.1) is 11.3 Å². The summed E-state index contributed by atoms with van der Waals surface area (Å²) in [6.07, 6.45) is 2.94. The molecule has 1 nitrogen and oxygen atoms in total. The number of nitrogens with zero attached hydrogens (tertiary/aromatic N) is 1. The summed E-state index contributed by atoms with van der Waals surface area (Å²) in [6.45, 7) is 2.04. The Labute approximate surface area is 83.8 Å².